The molecule has 19 heavy (non-hydrogen) atoms. The van der Waals surface area contributed by atoms with Crippen molar-refractivity contribution in [3.63, 3.8) is 0 Å². The van der Waals surface area contributed by atoms with Gasteiger partial charge in [-0.25, -0.2) is 4.39 Å². The molecule has 3 heteroatoms. The second-order valence-corrected chi connectivity index (χ2v) is 4.43. The highest BCUT2D eigenvalue weighted by atomic mass is 19.1. The number of ketones is 1. The summed E-state index contributed by atoms with van der Waals surface area (Å²) in [7, 11) is 1.38. The fourth-order valence-electron chi connectivity index (χ4n) is 1.83. The normalized spacial score (nSPS) is 10.3. The van der Waals surface area contributed by atoms with Gasteiger partial charge in [0.15, 0.2) is 17.3 Å². The zero-order chi connectivity index (χ0) is 13.8. The third-order valence-electron chi connectivity index (χ3n) is 2.96. The molecule has 0 aliphatic rings. The van der Waals surface area contributed by atoms with Crippen molar-refractivity contribution in [1.82, 2.24) is 0 Å². The highest BCUT2D eigenvalue weighted by molar-refractivity contribution is 5.97. The standard InChI is InChI=1S/C16H15FO2/c1-11-3-5-12(6-4-11)9-15(18)13-7-8-14(17)16(10-13)19-2/h3-8,10H,9H2,1-2H3. The van der Waals surface area contributed by atoms with Gasteiger partial charge in [-0.15, -0.1) is 0 Å². The highest BCUT2D eigenvalue weighted by Crippen LogP contribution is 2.19. The molecule has 0 spiro atoms. The number of Topliss-reactive ketones (excluding diaryl/α,β-unsaturated/α-hetero) is 1. The van der Waals surface area contributed by atoms with E-state index in [0.29, 0.717) is 12.0 Å². The van der Waals surface area contributed by atoms with Crippen molar-refractivity contribution in [1.29, 1.82) is 0 Å². The molecule has 0 fully saturated rings. The molecular weight excluding hydrogens is 243 g/mol. The molecule has 0 N–H and O–H groups in total. The minimum atomic E-state index is -0.464. The van der Waals surface area contributed by atoms with Crippen molar-refractivity contribution in [2.45, 2.75) is 13.3 Å². The van der Waals surface area contributed by atoms with Gasteiger partial charge >= 0.3 is 0 Å². The minimum Gasteiger partial charge on any atom is -0.494 e. The summed E-state index contributed by atoms with van der Waals surface area (Å²) in [6.45, 7) is 2.00. The number of hydrogen-bond acceptors (Lipinski definition) is 2. The lowest BCUT2D eigenvalue weighted by Gasteiger charge is -2.05. The number of rotatable bonds is 4. The molecule has 0 aliphatic carbocycles. The first-order valence-corrected chi connectivity index (χ1v) is 6.02. The van der Waals surface area contributed by atoms with Crippen molar-refractivity contribution >= 4 is 5.78 Å². The van der Waals surface area contributed by atoms with Gasteiger partial charge in [-0.3, -0.25) is 4.79 Å². The molecule has 0 heterocycles. The quantitative estimate of drug-likeness (QED) is 0.784. The van der Waals surface area contributed by atoms with Crippen molar-refractivity contribution in [2.75, 3.05) is 7.11 Å². The summed E-state index contributed by atoms with van der Waals surface area (Å²) in [5, 5.41) is 0. The summed E-state index contributed by atoms with van der Waals surface area (Å²) in [5.41, 5.74) is 2.55. The van der Waals surface area contributed by atoms with E-state index >= 15 is 0 Å². The van der Waals surface area contributed by atoms with Crippen LogP contribution in [0.2, 0.25) is 0 Å². The Bertz CT molecular complexity index is 588. The maximum absolute atomic E-state index is 13.3. The Morgan fingerprint density at radius 2 is 1.84 bits per heavy atom. The largest absolute Gasteiger partial charge is 0.494 e. The van der Waals surface area contributed by atoms with Crippen LogP contribution in [0.1, 0.15) is 21.5 Å². The van der Waals surface area contributed by atoms with Crippen LogP contribution in [-0.2, 0) is 6.42 Å². The topological polar surface area (TPSA) is 26.3 Å². The number of methoxy groups -OCH3 is 1. The summed E-state index contributed by atoms with van der Waals surface area (Å²) < 4.78 is 18.1. The minimum absolute atomic E-state index is 0.0536. The molecule has 2 aromatic carbocycles. The predicted molar refractivity (Wildman–Crippen MR) is 72.2 cm³/mol. The summed E-state index contributed by atoms with van der Waals surface area (Å²) in [6.07, 6.45) is 0.301. The third-order valence-corrected chi connectivity index (χ3v) is 2.96. The highest BCUT2D eigenvalue weighted by Gasteiger charge is 2.10. The molecule has 0 saturated heterocycles. The van der Waals surface area contributed by atoms with Crippen LogP contribution in [0.15, 0.2) is 42.5 Å². The lowest BCUT2D eigenvalue weighted by molar-refractivity contribution is 0.0992. The number of benzene rings is 2. The van der Waals surface area contributed by atoms with E-state index in [4.69, 9.17) is 4.74 Å². The smallest absolute Gasteiger partial charge is 0.167 e. The first kappa shape index (κ1) is 13.3. The molecule has 0 unspecified atom stereocenters. The van der Waals surface area contributed by atoms with Gasteiger partial charge in [0.1, 0.15) is 0 Å². The Hall–Kier alpha value is -2.16. The van der Waals surface area contributed by atoms with Crippen molar-refractivity contribution in [3.8, 4) is 5.75 Å². The summed E-state index contributed by atoms with van der Waals surface area (Å²) in [5.74, 6) is -0.425. The van der Waals surface area contributed by atoms with Crippen LogP contribution in [-0.4, -0.2) is 12.9 Å². The first-order chi connectivity index (χ1) is 9.10. The zero-order valence-corrected chi connectivity index (χ0v) is 10.9. The molecule has 2 aromatic rings. The van der Waals surface area contributed by atoms with E-state index < -0.39 is 5.82 Å². The Morgan fingerprint density at radius 1 is 1.16 bits per heavy atom. The lowest BCUT2D eigenvalue weighted by atomic mass is 10.0. The summed E-state index contributed by atoms with van der Waals surface area (Å²) in [6, 6.07) is 11.9. The Labute approximate surface area is 111 Å². The van der Waals surface area contributed by atoms with E-state index in [-0.39, 0.29) is 11.5 Å². The van der Waals surface area contributed by atoms with Crippen LogP contribution in [0, 0.1) is 12.7 Å². The number of ether oxygens (including phenoxy) is 1. The van der Waals surface area contributed by atoms with Gasteiger partial charge in [-0.1, -0.05) is 29.8 Å². The molecule has 2 nitrogen and oxygen atoms in total. The van der Waals surface area contributed by atoms with E-state index in [1.165, 1.54) is 25.3 Å². The summed E-state index contributed by atoms with van der Waals surface area (Å²) in [4.78, 5) is 12.1. The Kier molecular flexibility index (Phi) is 3.95. The fourth-order valence-corrected chi connectivity index (χ4v) is 1.83. The van der Waals surface area contributed by atoms with E-state index in [9.17, 15) is 9.18 Å². The molecule has 0 atom stereocenters. The van der Waals surface area contributed by atoms with Crippen LogP contribution in [0.4, 0.5) is 4.39 Å². The van der Waals surface area contributed by atoms with Gasteiger partial charge in [0.25, 0.3) is 0 Å². The lowest BCUT2D eigenvalue weighted by Crippen LogP contribution is -2.04. The van der Waals surface area contributed by atoms with Crippen LogP contribution in [0.3, 0.4) is 0 Å². The van der Waals surface area contributed by atoms with Crippen molar-refractivity contribution in [3.05, 3.63) is 65.0 Å². The van der Waals surface area contributed by atoms with Crippen LogP contribution < -0.4 is 4.74 Å². The van der Waals surface area contributed by atoms with Gasteiger partial charge in [0, 0.05) is 12.0 Å². The monoisotopic (exact) mass is 258 g/mol. The second-order valence-electron chi connectivity index (χ2n) is 4.43. The maximum Gasteiger partial charge on any atom is 0.167 e. The number of carbonyl (C=O) groups is 1. The molecule has 98 valence electrons. The molecular formula is C16H15FO2. The number of hydrogen-bond donors (Lipinski definition) is 0. The molecule has 0 aromatic heterocycles. The Balaban J connectivity index is 2.18. The third kappa shape index (κ3) is 3.19. The molecule has 0 bridgehead atoms. The predicted octanol–water partition coefficient (Wildman–Crippen LogP) is 3.57. The number of halogens is 1. The number of aryl methyl sites for hydroxylation is 1. The molecule has 0 saturated carbocycles. The van der Waals surface area contributed by atoms with Gasteiger partial charge < -0.3 is 4.74 Å². The summed E-state index contributed by atoms with van der Waals surface area (Å²) >= 11 is 0. The van der Waals surface area contributed by atoms with Gasteiger partial charge in [0.2, 0.25) is 0 Å². The molecule has 0 radical (unpaired) electrons. The van der Waals surface area contributed by atoms with Crippen molar-refractivity contribution < 1.29 is 13.9 Å². The zero-order valence-electron chi connectivity index (χ0n) is 10.9. The second kappa shape index (κ2) is 5.65. The van der Waals surface area contributed by atoms with Gasteiger partial charge in [-0.2, -0.15) is 0 Å². The van der Waals surface area contributed by atoms with E-state index in [1.54, 1.807) is 0 Å². The van der Waals surface area contributed by atoms with E-state index in [2.05, 4.69) is 0 Å². The molecule has 2 rings (SSSR count). The average molecular weight is 258 g/mol. The molecule has 0 amide bonds. The van der Waals surface area contributed by atoms with Crippen LogP contribution >= 0.6 is 0 Å². The average Bonchev–Trinajstić information content (AvgIpc) is 2.42. The SMILES string of the molecule is COc1cc(C(=O)Cc2ccc(C)cc2)ccc1F. The van der Waals surface area contributed by atoms with E-state index in [0.717, 1.165) is 11.1 Å². The van der Waals surface area contributed by atoms with Crippen molar-refractivity contribution in [2.24, 2.45) is 0 Å². The van der Waals surface area contributed by atoms with Gasteiger partial charge in [-0.05, 0) is 30.7 Å². The van der Waals surface area contributed by atoms with Gasteiger partial charge in [0.05, 0.1) is 7.11 Å². The molecule has 0 aliphatic heterocycles. The van der Waals surface area contributed by atoms with E-state index in [1.807, 2.05) is 31.2 Å². The fraction of sp³-hybridized carbons (Fsp3) is 0.188. The van der Waals surface area contributed by atoms with Crippen LogP contribution in [0.25, 0.3) is 0 Å². The number of carbonyl (C=O) groups excluding carboxylic acids is 1. The maximum atomic E-state index is 13.3. The Morgan fingerprint density at radius 3 is 2.47 bits per heavy atom. The first-order valence-electron chi connectivity index (χ1n) is 6.02. The van der Waals surface area contributed by atoms with Crippen LogP contribution in [0.5, 0.6) is 5.75 Å².